The second-order valence-corrected chi connectivity index (χ2v) is 18.5. The summed E-state index contributed by atoms with van der Waals surface area (Å²) in [5.74, 6) is 1.67. The molecule has 0 atom stereocenters. The zero-order valence-corrected chi connectivity index (χ0v) is 18.2. The van der Waals surface area contributed by atoms with Crippen LogP contribution in [0.5, 0.6) is 11.5 Å². The molecular weight excluding hydrogens is 420 g/mol. The summed E-state index contributed by atoms with van der Waals surface area (Å²) in [7, 11) is 15.1. The maximum absolute atomic E-state index is 6.71. The SMILES string of the molecule is CCOCCOc1ccc(C[CH2][Ge]([Cl])([Cl])[c]2ccc(OC)cc2)cc1. The molecule has 0 aromatic heterocycles. The van der Waals surface area contributed by atoms with Crippen LogP contribution >= 0.6 is 20.0 Å². The fourth-order valence-electron chi connectivity index (χ4n) is 2.40. The molecule has 25 heavy (non-hydrogen) atoms. The van der Waals surface area contributed by atoms with Gasteiger partial charge in [0.25, 0.3) is 0 Å². The molecule has 0 aliphatic rings. The standard InChI is InChI=1S/C19H24Cl2GeO3/c1-3-24-14-15-25-19-8-4-16(5-9-19)12-13-22(20,21)17-6-10-18(23-2)11-7-17/h4-11H,3,12-15H2,1-2H3. The molecule has 0 bridgehead atoms. The number of rotatable bonds is 10. The summed E-state index contributed by atoms with van der Waals surface area (Å²) in [6.07, 6.45) is 0.859. The number of hydrogen-bond acceptors (Lipinski definition) is 3. The Hall–Kier alpha value is -0.877. The molecule has 0 amide bonds. The van der Waals surface area contributed by atoms with E-state index in [0.717, 1.165) is 27.6 Å². The van der Waals surface area contributed by atoms with Gasteiger partial charge in [0.2, 0.25) is 0 Å². The summed E-state index contributed by atoms with van der Waals surface area (Å²) in [6.45, 7) is 3.85. The molecule has 6 heteroatoms. The number of methoxy groups -OCH3 is 1. The van der Waals surface area contributed by atoms with E-state index in [2.05, 4.69) is 12.1 Å². The van der Waals surface area contributed by atoms with Crippen molar-refractivity contribution in [3.05, 3.63) is 54.1 Å². The van der Waals surface area contributed by atoms with Crippen LogP contribution < -0.4 is 13.9 Å². The summed E-state index contributed by atoms with van der Waals surface area (Å²) < 4.78 is 17.1. The molecule has 0 unspecified atom stereocenters. The third-order valence-electron chi connectivity index (χ3n) is 3.86. The molecular formula is C19H24Cl2GeO3. The Kier molecular flexibility index (Phi) is 8.43. The minimum absolute atomic E-state index is 0.562. The maximum atomic E-state index is 6.71. The number of benzene rings is 2. The van der Waals surface area contributed by atoms with E-state index in [9.17, 15) is 0 Å². The summed E-state index contributed by atoms with van der Waals surface area (Å²) in [4.78, 5) is 0. The van der Waals surface area contributed by atoms with Gasteiger partial charge >= 0.3 is 161 Å². The molecule has 0 fully saturated rings. The molecule has 2 aromatic rings. The van der Waals surface area contributed by atoms with Gasteiger partial charge in [-0.25, -0.2) is 0 Å². The topological polar surface area (TPSA) is 27.7 Å². The quantitative estimate of drug-likeness (QED) is 0.400. The van der Waals surface area contributed by atoms with Crippen LogP contribution in [-0.4, -0.2) is 38.3 Å². The first-order valence-corrected chi connectivity index (χ1v) is 16.4. The first-order valence-electron chi connectivity index (χ1n) is 8.37. The van der Waals surface area contributed by atoms with Crippen molar-refractivity contribution in [2.45, 2.75) is 18.6 Å². The van der Waals surface area contributed by atoms with Gasteiger partial charge in [-0.05, 0) is 0 Å². The van der Waals surface area contributed by atoms with Gasteiger partial charge < -0.3 is 0 Å². The van der Waals surface area contributed by atoms with Gasteiger partial charge in [0, 0.05) is 0 Å². The molecule has 0 radical (unpaired) electrons. The van der Waals surface area contributed by atoms with Crippen LogP contribution in [0.1, 0.15) is 12.5 Å². The second kappa shape index (κ2) is 10.3. The van der Waals surface area contributed by atoms with Gasteiger partial charge in [-0.15, -0.1) is 0 Å². The summed E-state index contributed by atoms with van der Waals surface area (Å²) in [5, 5.41) is 0.806. The molecule has 0 spiro atoms. The van der Waals surface area contributed by atoms with E-state index in [4.69, 9.17) is 34.2 Å². The van der Waals surface area contributed by atoms with Gasteiger partial charge in [0.05, 0.1) is 0 Å². The van der Waals surface area contributed by atoms with Crippen molar-refractivity contribution in [2.24, 2.45) is 0 Å². The van der Waals surface area contributed by atoms with E-state index in [1.165, 1.54) is 5.56 Å². The van der Waals surface area contributed by atoms with Crippen molar-refractivity contribution in [3.63, 3.8) is 0 Å². The van der Waals surface area contributed by atoms with Gasteiger partial charge in [0.15, 0.2) is 0 Å². The van der Waals surface area contributed by atoms with Crippen molar-refractivity contribution >= 4 is 35.8 Å². The molecule has 0 heterocycles. The number of aryl methyl sites for hydroxylation is 1. The van der Waals surface area contributed by atoms with Gasteiger partial charge in [-0.2, -0.15) is 0 Å². The van der Waals surface area contributed by atoms with Crippen molar-refractivity contribution < 1.29 is 14.2 Å². The minimum atomic E-state index is -3.05. The number of hydrogen-bond donors (Lipinski definition) is 0. The molecule has 2 aromatic carbocycles. The molecule has 0 aliphatic carbocycles. The van der Waals surface area contributed by atoms with Crippen LogP contribution in [0.4, 0.5) is 0 Å². The Morgan fingerprint density at radius 1 is 0.880 bits per heavy atom. The molecule has 0 N–H and O–H groups in total. The molecule has 136 valence electrons. The average molecular weight is 444 g/mol. The van der Waals surface area contributed by atoms with E-state index in [1.807, 2.05) is 43.3 Å². The first-order chi connectivity index (χ1) is 12.0. The van der Waals surface area contributed by atoms with Gasteiger partial charge in [-0.1, -0.05) is 0 Å². The van der Waals surface area contributed by atoms with Crippen LogP contribution in [0.2, 0.25) is 5.25 Å². The van der Waals surface area contributed by atoms with Gasteiger partial charge in [0.1, 0.15) is 0 Å². The van der Waals surface area contributed by atoms with E-state index < -0.39 is 11.4 Å². The van der Waals surface area contributed by atoms with Gasteiger partial charge in [-0.3, -0.25) is 0 Å². The molecule has 0 aliphatic heterocycles. The zero-order chi connectivity index (χ0) is 18.1. The van der Waals surface area contributed by atoms with Crippen LogP contribution in [0.15, 0.2) is 48.5 Å². The van der Waals surface area contributed by atoms with Crippen LogP contribution in [0.25, 0.3) is 0 Å². The Morgan fingerprint density at radius 2 is 1.52 bits per heavy atom. The molecule has 0 saturated carbocycles. The Morgan fingerprint density at radius 3 is 2.12 bits per heavy atom. The monoisotopic (exact) mass is 444 g/mol. The normalized spacial score (nSPS) is 11.4. The Labute approximate surface area is 160 Å². The van der Waals surface area contributed by atoms with E-state index in [-0.39, 0.29) is 0 Å². The summed E-state index contributed by atoms with van der Waals surface area (Å²) in [6, 6.07) is 15.9. The molecule has 2 rings (SSSR count). The zero-order valence-electron chi connectivity index (χ0n) is 14.6. The van der Waals surface area contributed by atoms with E-state index >= 15 is 0 Å². The van der Waals surface area contributed by atoms with Crippen molar-refractivity contribution in [1.29, 1.82) is 0 Å². The predicted molar refractivity (Wildman–Crippen MR) is 107 cm³/mol. The summed E-state index contributed by atoms with van der Waals surface area (Å²) in [5.41, 5.74) is 1.21. The van der Waals surface area contributed by atoms with Crippen LogP contribution in [-0.2, 0) is 11.2 Å². The van der Waals surface area contributed by atoms with Crippen LogP contribution in [0.3, 0.4) is 0 Å². The predicted octanol–water partition coefficient (Wildman–Crippen LogP) is 4.48. The average Bonchev–Trinajstić information content (AvgIpc) is 2.64. The number of halogens is 2. The Bertz CT molecular complexity index is 630. The fraction of sp³-hybridized carbons (Fsp3) is 0.368. The van der Waals surface area contributed by atoms with Crippen molar-refractivity contribution in [2.75, 3.05) is 26.9 Å². The fourth-order valence-corrected chi connectivity index (χ4v) is 7.93. The summed E-state index contributed by atoms with van der Waals surface area (Å²) >= 11 is -3.05. The van der Waals surface area contributed by atoms with E-state index in [0.29, 0.717) is 19.8 Å². The molecule has 3 nitrogen and oxygen atoms in total. The first kappa shape index (κ1) is 20.4. The van der Waals surface area contributed by atoms with Crippen molar-refractivity contribution in [3.8, 4) is 11.5 Å². The van der Waals surface area contributed by atoms with E-state index in [1.54, 1.807) is 7.11 Å². The van der Waals surface area contributed by atoms with Crippen molar-refractivity contribution in [1.82, 2.24) is 0 Å². The van der Waals surface area contributed by atoms with Crippen LogP contribution in [0, 0.1) is 0 Å². The third-order valence-corrected chi connectivity index (χ3v) is 12.4. The molecule has 0 saturated heterocycles. The third kappa shape index (κ3) is 6.74. The second-order valence-electron chi connectivity index (χ2n) is 5.62. The number of ether oxygens (including phenoxy) is 3. The Balaban J connectivity index is 1.86.